The first-order chi connectivity index (χ1) is 11.3. The summed E-state index contributed by atoms with van der Waals surface area (Å²) in [5.41, 5.74) is 1.50. The number of hydrogen-bond acceptors (Lipinski definition) is 5. The molecule has 8 heteroatoms. The van der Waals surface area contributed by atoms with E-state index in [1.54, 1.807) is 37.3 Å². The minimum absolute atomic E-state index is 0.0438. The topological polar surface area (TPSA) is 85.4 Å². The van der Waals surface area contributed by atoms with E-state index < -0.39 is 21.2 Å². The predicted molar refractivity (Wildman–Crippen MR) is 93.9 cm³/mol. The zero-order chi connectivity index (χ0) is 17.7. The largest absolute Gasteiger partial charge is 0.465 e. The Hall–Kier alpha value is -1.77. The average molecular weight is 413 g/mol. The van der Waals surface area contributed by atoms with Crippen molar-refractivity contribution >= 4 is 31.9 Å². The van der Waals surface area contributed by atoms with Crippen molar-refractivity contribution in [3.05, 3.63) is 63.9 Å². The second kappa shape index (κ2) is 7.87. The number of pyridine rings is 1. The molecular formula is C16H17BrN2O4S. The number of carbonyl (C=O) groups is 1. The Balaban J connectivity index is 2.05. The fourth-order valence-electron chi connectivity index (χ4n) is 2.01. The number of esters is 1. The molecule has 128 valence electrons. The van der Waals surface area contributed by atoms with Crippen LogP contribution in [0.5, 0.6) is 0 Å². The number of rotatable bonds is 6. The molecule has 1 aromatic carbocycles. The first-order valence-corrected chi connectivity index (χ1v) is 9.44. The molecule has 24 heavy (non-hydrogen) atoms. The molecule has 1 aromatic heterocycles. The monoisotopic (exact) mass is 412 g/mol. The maximum Gasteiger partial charge on any atom is 0.339 e. The fourth-order valence-corrected chi connectivity index (χ4v) is 3.53. The lowest BCUT2D eigenvalue weighted by molar-refractivity contribution is 0.0600. The van der Waals surface area contributed by atoms with Crippen molar-refractivity contribution in [1.29, 1.82) is 0 Å². The van der Waals surface area contributed by atoms with Crippen LogP contribution in [0.15, 0.2) is 47.1 Å². The summed E-state index contributed by atoms with van der Waals surface area (Å²) in [5, 5.41) is -0.704. The van der Waals surface area contributed by atoms with Crippen LogP contribution in [0.25, 0.3) is 0 Å². The van der Waals surface area contributed by atoms with Crippen LogP contribution >= 0.6 is 15.9 Å². The summed E-state index contributed by atoms with van der Waals surface area (Å²) in [6.07, 6.45) is 1.35. The van der Waals surface area contributed by atoms with E-state index in [9.17, 15) is 13.2 Å². The van der Waals surface area contributed by atoms with E-state index in [-0.39, 0.29) is 6.54 Å². The van der Waals surface area contributed by atoms with E-state index in [2.05, 4.69) is 30.4 Å². The standard InChI is InChI=1S/C16H17BrN2O4S/c1-11(12-4-3-5-14(17)8-12)24(21,22)19-10-15-7-6-13(9-18-15)16(20)23-2/h3-9,11,19H,10H2,1-2H3. The summed E-state index contributed by atoms with van der Waals surface area (Å²) in [6.45, 7) is 1.67. The van der Waals surface area contributed by atoms with Gasteiger partial charge in [0.15, 0.2) is 0 Å². The summed E-state index contributed by atoms with van der Waals surface area (Å²) in [7, 11) is -2.28. The van der Waals surface area contributed by atoms with Gasteiger partial charge in [0.2, 0.25) is 10.0 Å². The number of carbonyl (C=O) groups excluding carboxylic acids is 1. The highest BCUT2D eigenvalue weighted by atomic mass is 79.9. The van der Waals surface area contributed by atoms with Gasteiger partial charge in [0.1, 0.15) is 0 Å². The molecular weight excluding hydrogens is 396 g/mol. The van der Waals surface area contributed by atoms with Gasteiger partial charge in [-0.2, -0.15) is 0 Å². The Kier molecular flexibility index (Phi) is 6.09. The van der Waals surface area contributed by atoms with Crippen LogP contribution in [0.3, 0.4) is 0 Å². The van der Waals surface area contributed by atoms with Crippen LogP contribution < -0.4 is 4.72 Å². The lowest BCUT2D eigenvalue weighted by Gasteiger charge is -2.14. The average Bonchev–Trinajstić information content (AvgIpc) is 2.59. The number of sulfonamides is 1. The summed E-state index contributed by atoms with van der Waals surface area (Å²) in [5.74, 6) is -0.488. The number of aromatic nitrogens is 1. The Labute approximate surface area is 149 Å². The normalized spacial score (nSPS) is 12.6. The highest BCUT2D eigenvalue weighted by Crippen LogP contribution is 2.23. The highest BCUT2D eigenvalue weighted by molar-refractivity contribution is 9.10. The van der Waals surface area contributed by atoms with Gasteiger partial charge in [-0.05, 0) is 36.8 Å². The Morgan fingerprint density at radius 2 is 2.08 bits per heavy atom. The van der Waals surface area contributed by atoms with Gasteiger partial charge in [0, 0.05) is 10.7 Å². The first kappa shape index (κ1) is 18.6. The highest BCUT2D eigenvalue weighted by Gasteiger charge is 2.22. The van der Waals surface area contributed by atoms with E-state index in [0.29, 0.717) is 16.8 Å². The molecule has 2 aromatic rings. The molecule has 0 aliphatic rings. The first-order valence-electron chi connectivity index (χ1n) is 7.10. The van der Waals surface area contributed by atoms with Gasteiger partial charge in [0.05, 0.1) is 30.2 Å². The molecule has 0 radical (unpaired) electrons. The lowest BCUT2D eigenvalue weighted by Crippen LogP contribution is -2.28. The second-order valence-electron chi connectivity index (χ2n) is 5.09. The minimum atomic E-state index is -3.56. The number of nitrogens with one attached hydrogen (secondary N) is 1. The second-order valence-corrected chi connectivity index (χ2v) is 8.09. The number of hydrogen-bond donors (Lipinski definition) is 1. The number of methoxy groups -OCH3 is 1. The van der Waals surface area contributed by atoms with E-state index in [0.717, 1.165) is 4.47 Å². The molecule has 0 amide bonds. The summed E-state index contributed by atoms with van der Waals surface area (Å²) >= 11 is 3.33. The maximum absolute atomic E-state index is 12.4. The number of benzene rings is 1. The molecule has 0 aliphatic heterocycles. The summed E-state index contributed by atoms with van der Waals surface area (Å²) in [6, 6.07) is 10.3. The van der Waals surface area contributed by atoms with Crippen molar-refractivity contribution in [2.24, 2.45) is 0 Å². The van der Waals surface area contributed by atoms with Gasteiger partial charge in [-0.1, -0.05) is 28.1 Å². The van der Waals surface area contributed by atoms with Crippen LogP contribution in [0.1, 0.15) is 33.8 Å². The molecule has 0 fully saturated rings. The van der Waals surface area contributed by atoms with Crippen molar-refractivity contribution in [3.8, 4) is 0 Å². The SMILES string of the molecule is COC(=O)c1ccc(CNS(=O)(=O)C(C)c2cccc(Br)c2)nc1. The van der Waals surface area contributed by atoms with Gasteiger partial charge in [0.25, 0.3) is 0 Å². The van der Waals surface area contributed by atoms with E-state index >= 15 is 0 Å². The zero-order valence-electron chi connectivity index (χ0n) is 13.2. The van der Waals surface area contributed by atoms with Gasteiger partial charge < -0.3 is 4.74 Å². The summed E-state index contributed by atoms with van der Waals surface area (Å²) < 4.78 is 32.8. The molecule has 1 unspecified atom stereocenters. The molecule has 1 atom stereocenters. The molecule has 0 saturated heterocycles. The van der Waals surface area contributed by atoms with Gasteiger partial charge in [-0.15, -0.1) is 0 Å². The summed E-state index contributed by atoms with van der Waals surface area (Å²) in [4.78, 5) is 15.4. The number of nitrogens with zero attached hydrogens (tertiary/aromatic N) is 1. The lowest BCUT2D eigenvalue weighted by atomic mass is 10.2. The van der Waals surface area contributed by atoms with Gasteiger partial charge >= 0.3 is 5.97 Å². The zero-order valence-corrected chi connectivity index (χ0v) is 15.6. The smallest absolute Gasteiger partial charge is 0.339 e. The number of halogens is 1. The van der Waals surface area contributed by atoms with E-state index in [1.807, 2.05) is 6.07 Å². The quantitative estimate of drug-likeness (QED) is 0.737. The van der Waals surface area contributed by atoms with Crippen molar-refractivity contribution in [2.45, 2.75) is 18.7 Å². The third-order valence-corrected chi connectivity index (χ3v) is 5.73. The molecule has 1 heterocycles. The maximum atomic E-state index is 12.4. The van der Waals surface area contributed by atoms with Crippen LogP contribution in [0.2, 0.25) is 0 Å². The van der Waals surface area contributed by atoms with Crippen molar-refractivity contribution in [3.63, 3.8) is 0 Å². The molecule has 0 saturated carbocycles. The predicted octanol–water partition coefficient (Wildman–Crippen LogP) is 2.81. The molecule has 2 rings (SSSR count). The molecule has 1 N–H and O–H groups in total. The van der Waals surface area contributed by atoms with Crippen LogP contribution in [0, 0.1) is 0 Å². The third kappa shape index (κ3) is 4.62. The minimum Gasteiger partial charge on any atom is -0.465 e. The van der Waals surface area contributed by atoms with Gasteiger partial charge in [-0.3, -0.25) is 4.98 Å². The van der Waals surface area contributed by atoms with Crippen LogP contribution in [-0.2, 0) is 21.3 Å². The Morgan fingerprint density at radius 3 is 2.67 bits per heavy atom. The van der Waals surface area contributed by atoms with Crippen molar-refractivity contribution in [2.75, 3.05) is 7.11 Å². The Bertz CT molecular complexity index is 822. The van der Waals surface area contributed by atoms with Gasteiger partial charge in [-0.25, -0.2) is 17.9 Å². The van der Waals surface area contributed by atoms with E-state index in [1.165, 1.54) is 13.3 Å². The molecule has 0 spiro atoms. The van der Waals surface area contributed by atoms with E-state index in [4.69, 9.17) is 0 Å². The van der Waals surface area contributed by atoms with Crippen molar-refractivity contribution < 1.29 is 17.9 Å². The molecule has 6 nitrogen and oxygen atoms in total. The van der Waals surface area contributed by atoms with Crippen molar-refractivity contribution in [1.82, 2.24) is 9.71 Å². The Morgan fingerprint density at radius 1 is 1.33 bits per heavy atom. The fraction of sp³-hybridized carbons (Fsp3) is 0.250. The third-order valence-electron chi connectivity index (χ3n) is 3.48. The van der Waals surface area contributed by atoms with Crippen LogP contribution in [0.4, 0.5) is 0 Å². The molecule has 0 aliphatic carbocycles. The van der Waals surface area contributed by atoms with Crippen LogP contribution in [-0.4, -0.2) is 26.5 Å². The molecule has 0 bridgehead atoms. The number of ether oxygens (including phenoxy) is 1.